The summed E-state index contributed by atoms with van der Waals surface area (Å²) < 4.78 is 7.26. The topological polar surface area (TPSA) is 53.5 Å². The van der Waals surface area contributed by atoms with Crippen LogP contribution >= 0.6 is 0 Å². The standard InChI is InChI=1S/C71H48N6/c1-45-29-39-66-60(41-45)61-42-46(2)30-40-67(61)77(66)68-58(47-31-35-52(36-32-47)75-62-25-13-9-21-54(62)55-22-10-14-26-63(55)75)43-51(71-73-69(49-17-5-3-6-18-49)72-70(74-71)50-19-7-4-8-20-50)44-59(68)48-33-37-53(38-34-48)76-64-27-15-11-23-56(64)57-24-12-16-28-65(57)76/h3-44H,1-2H3. The Labute approximate surface area is 445 Å². The summed E-state index contributed by atoms with van der Waals surface area (Å²) in [5.74, 6) is 1.81. The van der Waals surface area contributed by atoms with E-state index in [0.29, 0.717) is 17.5 Å². The maximum atomic E-state index is 5.36. The molecule has 0 aliphatic heterocycles. The summed E-state index contributed by atoms with van der Waals surface area (Å²) in [5, 5.41) is 7.35. The number of rotatable bonds is 8. The molecule has 15 aromatic rings. The summed E-state index contributed by atoms with van der Waals surface area (Å²) in [6, 6.07) is 91.8. The summed E-state index contributed by atoms with van der Waals surface area (Å²) in [7, 11) is 0. The van der Waals surface area contributed by atoms with Crippen molar-refractivity contribution in [2.24, 2.45) is 0 Å². The lowest BCUT2D eigenvalue weighted by molar-refractivity contribution is 1.07. The van der Waals surface area contributed by atoms with Crippen molar-refractivity contribution in [3.63, 3.8) is 0 Å². The molecule has 11 aromatic carbocycles. The third kappa shape index (κ3) is 7.29. The molecule has 0 atom stereocenters. The second-order valence-electron chi connectivity index (χ2n) is 20.2. The Bertz CT molecular complexity index is 4390. The van der Waals surface area contributed by atoms with E-state index in [1.54, 1.807) is 0 Å². The highest BCUT2D eigenvalue weighted by atomic mass is 15.0. The summed E-state index contributed by atoms with van der Waals surface area (Å²) in [5.41, 5.74) is 19.5. The minimum Gasteiger partial charge on any atom is -0.309 e. The normalized spacial score (nSPS) is 11.8. The van der Waals surface area contributed by atoms with Gasteiger partial charge in [-0.05, 0) is 110 Å². The molecule has 362 valence electrons. The van der Waals surface area contributed by atoms with Gasteiger partial charge in [-0.1, -0.05) is 181 Å². The molecule has 0 saturated heterocycles. The van der Waals surface area contributed by atoms with E-state index in [-0.39, 0.29) is 0 Å². The third-order valence-corrected chi connectivity index (χ3v) is 15.4. The van der Waals surface area contributed by atoms with Crippen molar-refractivity contribution >= 4 is 65.4 Å². The Morgan fingerprint density at radius 3 is 0.948 bits per heavy atom. The van der Waals surface area contributed by atoms with Crippen LogP contribution in [0.1, 0.15) is 11.1 Å². The molecular formula is C71H48N6. The minimum atomic E-state index is 0.587. The molecule has 0 aliphatic rings. The van der Waals surface area contributed by atoms with Crippen LogP contribution in [-0.2, 0) is 0 Å². The van der Waals surface area contributed by atoms with Crippen molar-refractivity contribution < 1.29 is 0 Å². The molecule has 6 heteroatoms. The maximum Gasteiger partial charge on any atom is 0.164 e. The van der Waals surface area contributed by atoms with E-state index in [1.807, 2.05) is 36.4 Å². The maximum absolute atomic E-state index is 5.36. The van der Waals surface area contributed by atoms with Crippen molar-refractivity contribution in [1.29, 1.82) is 0 Å². The smallest absolute Gasteiger partial charge is 0.164 e. The molecule has 0 saturated carbocycles. The van der Waals surface area contributed by atoms with Crippen LogP contribution in [0.25, 0.3) is 139 Å². The van der Waals surface area contributed by atoms with Gasteiger partial charge in [-0.25, -0.2) is 15.0 Å². The summed E-state index contributed by atoms with van der Waals surface area (Å²) >= 11 is 0. The van der Waals surface area contributed by atoms with E-state index < -0.39 is 0 Å². The molecule has 0 fully saturated rings. The first-order chi connectivity index (χ1) is 38.0. The molecule has 0 N–H and O–H groups in total. The van der Waals surface area contributed by atoms with Crippen LogP contribution in [0.4, 0.5) is 0 Å². The van der Waals surface area contributed by atoms with E-state index in [0.717, 1.165) is 67.0 Å². The Kier molecular flexibility index (Phi) is 10.2. The monoisotopic (exact) mass is 984 g/mol. The van der Waals surface area contributed by atoms with Gasteiger partial charge in [0, 0.05) is 71.5 Å². The van der Waals surface area contributed by atoms with Gasteiger partial charge >= 0.3 is 0 Å². The largest absolute Gasteiger partial charge is 0.309 e. The first kappa shape index (κ1) is 44.3. The van der Waals surface area contributed by atoms with Gasteiger partial charge in [0.25, 0.3) is 0 Å². The SMILES string of the molecule is Cc1ccc2c(c1)c1cc(C)ccc1n2-c1c(-c2ccc(-n3c4ccccc4c4ccccc43)cc2)cc(-c2nc(-c3ccccc3)nc(-c3ccccc3)n2)cc1-c1ccc(-n2c3ccccc3c3ccccc32)cc1. The summed E-state index contributed by atoms with van der Waals surface area (Å²) in [6.07, 6.45) is 0. The number of hydrogen-bond donors (Lipinski definition) is 0. The van der Waals surface area contributed by atoms with Crippen LogP contribution < -0.4 is 0 Å². The average molecular weight is 985 g/mol. The average Bonchev–Trinajstić information content (AvgIpc) is 4.17. The molecule has 4 aromatic heterocycles. The lowest BCUT2D eigenvalue weighted by Gasteiger charge is -2.22. The molecular weight excluding hydrogens is 937 g/mol. The molecule has 15 rings (SSSR count). The second kappa shape index (κ2) is 17.8. The third-order valence-electron chi connectivity index (χ3n) is 15.4. The van der Waals surface area contributed by atoms with E-state index >= 15 is 0 Å². The Morgan fingerprint density at radius 2 is 0.571 bits per heavy atom. The van der Waals surface area contributed by atoms with Crippen LogP contribution in [0.5, 0.6) is 0 Å². The number of nitrogens with zero attached hydrogens (tertiary/aromatic N) is 6. The Balaban J connectivity index is 1.03. The minimum absolute atomic E-state index is 0.587. The van der Waals surface area contributed by atoms with E-state index in [1.165, 1.54) is 65.5 Å². The molecule has 4 heterocycles. The number of para-hydroxylation sites is 4. The van der Waals surface area contributed by atoms with Crippen LogP contribution in [0.3, 0.4) is 0 Å². The van der Waals surface area contributed by atoms with Gasteiger partial charge in [-0.15, -0.1) is 0 Å². The fraction of sp³-hybridized carbons (Fsp3) is 0.0282. The van der Waals surface area contributed by atoms with Gasteiger partial charge in [0.2, 0.25) is 0 Å². The van der Waals surface area contributed by atoms with Crippen molar-refractivity contribution in [2.75, 3.05) is 0 Å². The van der Waals surface area contributed by atoms with E-state index in [4.69, 9.17) is 15.0 Å². The zero-order valence-electron chi connectivity index (χ0n) is 42.4. The highest BCUT2D eigenvalue weighted by Crippen LogP contribution is 2.45. The fourth-order valence-electron chi connectivity index (χ4n) is 11.9. The molecule has 0 bridgehead atoms. The molecule has 0 unspecified atom stereocenters. The molecule has 0 aliphatic carbocycles. The molecule has 0 radical (unpaired) electrons. The van der Waals surface area contributed by atoms with Gasteiger partial charge in [0.1, 0.15) is 0 Å². The Morgan fingerprint density at radius 1 is 0.247 bits per heavy atom. The van der Waals surface area contributed by atoms with Crippen molar-refractivity contribution in [2.45, 2.75) is 13.8 Å². The molecule has 0 amide bonds. The summed E-state index contributed by atoms with van der Waals surface area (Å²) in [6.45, 7) is 4.37. The first-order valence-electron chi connectivity index (χ1n) is 26.3. The van der Waals surface area contributed by atoms with Gasteiger partial charge in [0.15, 0.2) is 17.5 Å². The van der Waals surface area contributed by atoms with Crippen LogP contribution in [-0.4, -0.2) is 28.7 Å². The zero-order valence-corrected chi connectivity index (χ0v) is 42.4. The first-order valence-corrected chi connectivity index (χ1v) is 26.3. The van der Waals surface area contributed by atoms with Crippen molar-refractivity contribution in [1.82, 2.24) is 28.7 Å². The zero-order chi connectivity index (χ0) is 51.1. The van der Waals surface area contributed by atoms with Gasteiger partial charge in [-0.2, -0.15) is 0 Å². The molecule has 77 heavy (non-hydrogen) atoms. The Hall–Kier alpha value is -10.2. The van der Waals surface area contributed by atoms with Crippen molar-refractivity contribution in [3.05, 3.63) is 266 Å². The quantitative estimate of drug-likeness (QED) is 0.152. The van der Waals surface area contributed by atoms with Gasteiger partial charge in [0.05, 0.1) is 38.8 Å². The number of aryl methyl sites for hydroxylation is 2. The molecule has 6 nitrogen and oxygen atoms in total. The van der Waals surface area contributed by atoms with Gasteiger partial charge < -0.3 is 13.7 Å². The molecule has 0 spiro atoms. The lowest BCUT2D eigenvalue weighted by Crippen LogP contribution is -2.04. The second-order valence-corrected chi connectivity index (χ2v) is 20.2. The fourth-order valence-corrected chi connectivity index (χ4v) is 11.9. The highest BCUT2D eigenvalue weighted by Gasteiger charge is 2.24. The number of fused-ring (bicyclic) bond motifs is 9. The van der Waals surface area contributed by atoms with Crippen LogP contribution in [0.2, 0.25) is 0 Å². The highest BCUT2D eigenvalue weighted by molar-refractivity contribution is 6.12. The number of aromatic nitrogens is 6. The van der Waals surface area contributed by atoms with Gasteiger partial charge in [-0.3, -0.25) is 0 Å². The van der Waals surface area contributed by atoms with Crippen LogP contribution in [0, 0.1) is 13.8 Å². The lowest BCUT2D eigenvalue weighted by atomic mass is 9.92. The number of hydrogen-bond acceptors (Lipinski definition) is 3. The van der Waals surface area contributed by atoms with Crippen molar-refractivity contribution in [3.8, 4) is 73.5 Å². The predicted octanol–water partition coefficient (Wildman–Crippen LogP) is 18.1. The van der Waals surface area contributed by atoms with Crippen LogP contribution in [0.15, 0.2) is 255 Å². The number of benzene rings is 11. The summed E-state index contributed by atoms with van der Waals surface area (Å²) in [4.78, 5) is 15.8. The predicted molar refractivity (Wildman–Crippen MR) is 319 cm³/mol. The van der Waals surface area contributed by atoms with E-state index in [2.05, 4.69) is 246 Å². The van der Waals surface area contributed by atoms with E-state index in [9.17, 15) is 0 Å².